The van der Waals surface area contributed by atoms with Crippen LogP contribution in [-0.4, -0.2) is 17.8 Å². The summed E-state index contributed by atoms with van der Waals surface area (Å²) in [6, 6.07) is 18.3. The third kappa shape index (κ3) is 3.95. The summed E-state index contributed by atoms with van der Waals surface area (Å²) in [5.41, 5.74) is 1.97. The van der Waals surface area contributed by atoms with E-state index < -0.39 is 0 Å². The molecule has 0 aromatic heterocycles. The molecule has 2 aromatic rings. The molecule has 3 heteroatoms. The van der Waals surface area contributed by atoms with Crippen molar-refractivity contribution in [3.63, 3.8) is 0 Å². The largest absolute Gasteiger partial charge is 0.294 e. The lowest BCUT2D eigenvalue weighted by atomic mass is 10.0. The number of hydrogen-bond donors (Lipinski definition) is 0. The second kappa shape index (κ2) is 7.76. The maximum atomic E-state index is 12.5. The number of thioether (sulfide) groups is 1. The van der Waals surface area contributed by atoms with Gasteiger partial charge in [0.25, 0.3) is 0 Å². The van der Waals surface area contributed by atoms with Crippen molar-refractivity contribution in [2.75, 3.05) is 6.26 Å². The Hall–Kier alpha value is -2.13. The van der Waals surface area contributed by atoms with Crippen molar-refractivity contribution >= 4 is 23.3 Å². The maximum Gasteiger partial charge on any atom is 0.189 e. The summed E-state index contributed by atoms with van der Waals surface area (Å²) < 4.78 is 0. The van der Waals surface area contributed by atoms with E-state index in [2.05, 4.69) is 0 Å². The molecule has 0 aliphatic carbocycles. The fourth-order valence-electron chi connectivity index (χ4n) is 2.16. The second-order valence-electron chi connectivity index (χ2n) is 4.91. The van der Waals surface area contributed by atoms with Crippen LogP contribution in [0.2, 0.25) is 0 Å². The van der Waals surface area contributed by atoms with Crippen LogP contribution in [0, 0.1) is 0 Å². The fraction of sp³-hybridized carbons (Fsp3) is 0.158. The van der Waals surface area contributed by atoms with Crippen LogP contribution in [-0.2, 0) is 0 Å². The van der Waals surface area contributed by atoms with E-state index in [0.29, 0.717) is 16.7 Å². The number of Topliss-reactive ketones (excluding diaryl/α,β-unsaturated/α-hetero) is 2. The molecule has 0 saturated heterocycles. The van der Waals surface area contributed by atoms with Gasteiger partial charge in [0.2, 0.25) is 0 Å². The highest BCUT2D eigenvalue weighted by molar-refractivity contribution is 8.02. The molecule has 112 valence electrons. The van der Waals surface area contributed by atoms with Crippen LogP contribution in [0.5, 0.6) is 0 Å². The van der Waals surface area contributed by atoms with Crippen LogP contribution < -0.4 is 0 Å². The van der Waals surface area contributed by atoms with Gasteiger partial charge in [-0.1, -0.05) is 60.7 Å². The Morgan fingerprint density at radius 2 is 1.36 bits per heavy atom. The van der Waals surface area contributed by atoms with Gasteiger partial charge in [0.1, 0.15) is 0 Å². The standard InChI is InChI=1S/C19H18O2S/c1-14(19(21)16-11-7-4-8-12-16)18(22-2)13-17(20)15-9-5-3-6-10-15/h3-12H,13H2,1-2H3/b18-14-. The molecule has 2 aromatic carbocycles. The van der Waals surface area contributed by atoms with Gasteiger partial charge in [-0.3, -0.25) is 9.59 Å². The average molecular weight is 310 g/mol. The Balaban J connectivity index is 2.22. The number of rotatable bonds is 6. The summed E-state index contributed by atoms with van der Waals surface area (Å²) >= 11 is 1.46. The Bertz CT molecular complexity index is 688. The molecular formula is C19H18O2S. The second-order valence-corrected chi connectivity index (χ2v) is 5.81. The summed E-state index contributed by atoms with van der Waals surface area (Å²) in [6.07, 6.45) is 2.16. The van der Waals surface area contributed by atoms with Crippen LogP contribution in [0.3, 0.4) is 0 Å². The van der Waals surface area contributed by atoms with Gasteiger partial charge in [-0.25, -0.2) is 0 Å². The normalized spacial score (nSPS) is 11.7. The van der Waals surface area contributed by atoms with Gasteiger partial charge in [-0.2, -0.15) is 0 Å². The number of benzene rings is 2. The molecule has 0 atom stereocenters. The van der Waals surface area contributed by atoms with E-state index in [-0.39, 0.29) is 18.0 Å². The monoisotopic (exact) mass is 310 g/mol. The van der Waals surface area contributed by atoms with Gasteiger partial charge in [-0.05, 0) is 18.1 Å². The fourth-order valence-corrected chi connectivity index (χ4v) is 2.84. The molecule has 0 amide bonds. The molecule has 22 heavy (non-hydrogen) atoms. The molecule has 0 heterocycles. The summed E-state index contributed by atoms with van der Waals surface area (Å²) in [5.74, 6) is 0.0102. The lowest BCUT2D eigenvalue weighted by Crippen LogP contribution is -2.06. The summed E-state index contributed by atoms with van der Waals surface area (Å²) in [5, 5.41) is 0. The van der Waals surface area contributed by atoms with Crippen molar-refractivity contribution < 1.29 is 9.59 Å². The minimum absolute atomic E-state index is 0.0224. The van der Waals surface area contributed by atoms with Crippen molar-refractivity contribution in [1.82, 2.24) is 0 Å². The van der Waals surface area contributed by atoms with E-state index >= 15 is 0 Å². The Kier molecular flexibility index (Phi) is 5.73. The number of ketones is 2. The first-order valence-electron chi connectivity index (χ1n) is 7.05. The third-order valence-electron chi connectivity index (χ3n) is 3.46. The van der Waals surface area contributed by atoms with Crippen LogP contribution in [0.1, 0.15) is 34.1 Å². The summed E-state index contributed by atoms with van der Waals surface area (Å²) in [4.78, 5) is 25.6. The van der Waals surface area contributed by atoms with Gasteiger partial charge < -0.3 is 0 Å². The smallest absolute Gasteiger partial charge is 0.189 e. The van der Waals surface area contributed by atoms with E-state index in [9.17, 15) is 9.59 Å². The SMILES string of the molecule is CS/C(CC(=O)c1ccccc1)=C(/C)C(=O)c1ccccc1. The molecule has 0 aliphatic rings. The minimum atomic E-state index is -0.0224. The highest BCUT2D eigenvalue weighted by atomic mass is 32.2. The van der Waals surface area contributed by atoms with Gasteiger partial charge in [-0.15, -0.1) is 11.8 Å². The van der Waals surface area contributed by atoms with Gasteiger partial charge in [0.05, 0.1) is 0 Å². The molecule has 0 N–H and O–H groups in total. The predicted octanol–water partition coefficient (Wildman–Crippen LogP) is 4.78. The van der Waals surface area contributed by atoms with Crippen LogP contribution >= 0.6 is 11.8 Å². The Labute approximate surface area is 135 Å². The summed E-state index contributed by atoms with van der Waals surface area (Å²) in [6.45, 7) is 1.79. The van der Waals surface area contributed by atoms with E-state index in [4.69, 9.17) is 0 Å². The van der Waals surface area contributed by atoms with Gasteiger partial charge in [0, 0.05) is 23.1 Å². The zero-order valence-electron chi connectivity index (χ0n) is 12.7. The first-order chi connectivity index (χ1) is 10.6. The number of carbonyl (C=O) groups excluding carboxylic acids is 2. The topological polar surface area (TPSA) is 34.1 Å². The predicted molar refractivity (Wildman–Crippen MR) is 92.4 cm³/mol. The molecule has 0 bridgehead atoms. The lowest BCUT2D eigenvalue weighted by Gasteiger charge is -2.09. The average Bonchev–Trinajstić information content (AvgIpc) is 2.59. The summed E-state index contributed by atoms with van der Waals surface area (Å²) in [7, 11) is 0. The first kappa shape index (κ1) is 16.2. The van der Waals surface area contributed by atoms with E-state index in [1.807, 2.05) is 42.7 Å². The van der Waals surface area contributed by atoms with Crippen molar-refractivity contribution in [2.24, 2.45) is 0 Å². The first-order valence-corrected chi connectivity index (χ1v) is 8.27. The quantitative estimate of drug-likeness (QED) is 0.569. The van der Waals surface area contributed by atoms with Crippen LogP contribution in [0.25, 0.3) is 0 Å². The highest BCUT2D eigenvalue weighted by Crippen LogP contribution is 2.25. The highest BCUT2D eigenvalue weighted by Gasteiger charge is 2.16. The molecule has 0 aliphatic heterocycles. The van der Waals surface area contributed by atoms with E-state index in [1.165, 1.54) is 11.8 Å². The van der Waals surface area contributed by atoms with Crippen molar-refractivity contribution in [1.29, 1.82) is 0 Å². The van der Waals surface area contributed by atoms with Crippen LogP contribution in [0.4, 0.5) is 0 Å². The molecule has 0 spiro atoms. The minimum Gasteiger partial charge on any atom is -0.294 e. The molecular weight excluding hydrogens is 292 g/mol. The van der Waals surface area contributed by atoms with Crippen LogP contribution in [0.15, 0.2) is 71.1 Å². The molecule has 2 rings (SSSR count). The van der Waals surface area contributed by atoms with Crippen molar-refractivity contribution in [3.05, 3.63) is 82.3 Å². The Morgan fingerprint density at radius 1 is 0.864 bits per heavy atom. The molecule has 2 nitrogen and oxygen atoms in total. The van der Waals surface area contributed by atoms with Crippen molar-refractivity contribution in [2.45, 2.75) is 13.3 Å². The van der Waals surface area contributed by atoms with Gasteiger partial charge in [0.15, 0.2) is 11.6 Å². The van der Waals surface area contributed by atoms with Gasteiger partial charge >= 0.3 is 0 Å². The number of allylic oxidation sites excluding steroid dienone is 2. The molecule has 0 saturated carbocycles. The lowest BCUT2D eigenvalue weighted by molar-refractivity contribution is 0.0994. The third-order valence-corrected chi connectivity index (χ3v) is 4.40. The number of carbonyl (C=O) groups is 2. The number of hydrogen-bond acceptors (Lipinski definition) is 3. The van der Waals surface area contributed by atoms with E-state index in [1.54, 1.807) is 31.2 Å². The molecule has 0 unspecified atom stereocenters. The maximum absolute atomic E-state index is 12.5. The zero-order valence-corrected chi connectivity index (χ0v) is 13.5. The molecule has 0 fully saturated rings. The van der Waals surface area contributed by atoms with E-state index in [0.717, 1.165) is 4.91 Å². The Morgan fingerprint density at radius 3 is 1.86 bits per heavy atom. The zero-order chi connectivity index (χ0) is 15.9. The molecule has 0 radical (unpaired) electrons. The van der Waals surface area contributed by atoms with Crippen molar-refractivity contribution in [3.8, 4) is 0 Å².